The third-order valence-corrected chi connectivity index (χ3v) is 4.73. The summed E-state index contributed by atoms with van der Waals surface area (Å²) in [4.78, 5) is 28.3. The molecule has 0 radical (unpaired) electrons. The number of likely N-dealkylation sites (tertiary alicyclic amines) is 1. The molecule has 1 aromatic carbocycles. The average molecular weight is 331 g/mol. The van der Waals surface area contributed by atoms with Crippen molar-refractivity contribution < 1.29 is 14.3 Å². The highest BCUT2D eigenvalue weighted by atomic mass is 16.5. The van der Waals surface area contributed by atoms with Gasteiger partial charge >= 0.3 is 6.03 Å². The molecule has 2 heterocycles. The highest BCUT2D eigenvalue weighted by Gasteiger charge is 2.32. The second kappa shape index (κ2) is 7.55. The van der Waals surface area contributed by atoms with E-state index in [1.54, 1.807) is 12.0 Å². The number of nitrogens with one attached hydrogen (secondary N) is 1. The zero-order valence-corrected chi connectivity index (χ0v) is 14.2. The number of methoxy groups -OCH3 is 1. The van der Waals surface area contributed by atoms with Gasteiger partial charge in [-0.3, -0.25) is 4.79 Å². The number of nitrogens with zero attached hydrogens (tertiary/aromatic N) is 2. The van der Waals surface area contributed by atoms with Crippen molar-refractivity contribution in [2.24, 2.45) is 0 Å². The summed E-state index contributed by atoms with van der Waals surface area (Å²) in [7, 11) is 1.62. The summed E-state index contributed by atoms with van der Waals surface area (Å²) in [6, 6.07) is 7.25. The Morgan fingerprint density at radius 2 is 1.79 bits per heavy atom. The molecule has 0 spiro atoms. The van der Waals surface area contributed by atoms with Crippen LogP contribution in [0.5, 0.6) is 5.75 Å². The van der Waals surface area contributed by atoms with Gasteiger partial charge in [0, 0.05) is 31.7 Å². The Kier molecular flexibility index (Phi) is 5.23. The fourth-order valence-electron chi connectivity index (χ4n) is 3.36. The van der Waals surface area contributed by atoms with E-state index in [0.717, 1.165) is 37.4 Å². The first kappa shape index (κ1) is 16.6. The number of urea groups is 1. The van der Waals surface area contributed by atoms with Crippen molar-refractivity contribution in [2.75, 3.05) is 31.6 Å². The summed E-state index contributed by atoms with van der Waals surface area (Å²) in [6.45, 7) is 2.15. The van der Waals surface area contributed by atoms with Crippen LogP contribution >= 0.6 is 0 Å². The number of hydrogen-bond acceptors (Lipinski definition) is 3. The lowest BCUT2D eigenvalue weighted by Crippen LogP contribution is -2.46. The molecule has 1 aromatic rings. The number of carbonyl (C=O) groups excluding carboxylic acids is 2. The molecule has 2 aliphatic rings. The van der Waals surface area contributed by atoms with Gasteiger partial charge < -0.3 is 19.9 Å². The second-order valence-electron chi connectivity index (χ2n) is 6.45. The van der Waals surface area contributed by atoms with Crippen molar-refractivity contribution in [3.63, 3.8) is 0 Å². The Morgan fingerprint density at radius 3 is 2.42 bits per heavy atom. The van der Waals surface area contributed by atoms with E-state index in [1.807, 2.05) is 29.2 Å². The molecule has 2 fully saturated rings. The molecule has 0 aliphatic carbocycles. The first-order valence-corrected chi connectivity index (χ1v) is 8.67. The van der Waals surface area contributed by atoms with Crippen molar-refractivity contribution in [2.45, 2.75) is 38.1 Å². The number of ether oxygens (including phenoxy) is 1. The minimum Gasteiger partial charge on any atom is -0.497 e. The minimum absolute atomic E-state index is 0.0359. The zero-order chi connectivity index (χ0) is 16.9. The van der Waals surface area contributed by atoms with Crippen LogP contribution in [-0.4, -0.2) is 49.6 Å². The molecule has 2 aliphatic heterocycles. The Labute approximate surface area is 142 Å². The number of anilines is 1. The maximum Gasteiger partial charge on any atom is 0.317 e. The third-order valence-electron chi connectivity index (χ3n) is 4.73. The maximum atomic E-state index is 12.4. The lowest BCUT2D eigenvalue weighted by atomic mass is 10.2. The van der Waals surface area contributed by atoms with Crippen LogP contribution in [0.15, 0.2) is 24.3 Å². The van der Waals surface area contributed by atoms with E-state index in [9.17, 15) is 9.59 Å². The summed E-state index contributed by atoms with van der Waals surface area (Å²) in [5.41, 5.74) is 0.840. The number of hydrogen-bond donors (Lipinski definition) is 1. The molecule has 6 heteroatoms. The van der Waals surface area contributed by atoms with Crippen molar-refractivity contribution >= 4 is 17.6 Å². The SMILES string of the molecule is COc1ccc(N2CC(NC(=O)N3CCCCCC3)CC2=O)cc1. The predicted molar refractivity (Wildman–Crippen MR) is 92.3 cm³/mol. The molecule has 6 nitrogen and oxygen atoms in total. The number of carbonyl (C=O) groups is 2. The van der Waals surface area contributed by atoms with Crippen LogP contribution < -0.4 is 15.0 Å². The average Bonchev–Trinajstić information content (AvgIpc) is 2.80. The highest BCUT2D eigenvalue weighted by Crippen LogP contribution is 2.24. The topological polar surface area (TPSA) is 61.9 Å². The Morgan fingerprint density at radius 1 is 1.12 bits per heavy atom. The Balaban J connectivity index is 1.58. The molecule has 2 saturated heterocycles. The normalized spacial score (nSPS) is 21.5. The molecule has 0 bridgehead atoms. The van der Waals surface area contributed by atoms with Crippen molar-refractivity contribution in [1.82, 2.24) is 10.2 Å². The van der Waals surface area contributed by atoms with Gasteiger partial charge in [-0.25, -0.2) is 4.79 Å². The van der Waals surface area contributed by atoms with Gasteiger partial charge in [0.15, 0.2) is 0 Å². The van der Waals surface area contributed by atoms with E-state index in [4.69, 9.17) is 4.74 Å². The summed E-state index contributed by atoms with van der Waals surface area (Å²) in [5, 5.41) is 3.03. The van der Waals surface area contributed by atoms with Gasteiger partial charge in [-0.1, -0.05) is 12.8 Å². The molecular formula is C18H25N3O3. The second-order valence-corrected chi connectivity index (χ2v) is 6.45. The van der Waals surface area contributed by atoms with Gasteiger partial charge in [-0.15, -0.1) is 0 Å². The molecule has 130 valence electrons. The monoisotopic (exact) mass is 331 g/mol. The summed E-state index contributed by atoms with van der Waals surface area (Å²) < 4.78 is 5.14. The first-order chi connectivity index (χ1) is 11.7. The molecule has 0 aromatic heterocycles. The van der Waals surface area contributed by atoms with Crippen LogP contribution in [0, 0.1) is 0 Å². The summed E-state index contributed by atoms with van der Waals surface area (Å²) in [5.74, 6) is 0.803. The summed E-state index contributed by atoms with van der Waals surface area (Å²) in [6.07, 6.45) is 4.86. The molecule has 3 rings (SSSR count). The smallest absolute Gasteiger partial charge is 0.317 e. The van der Waals surface area contributed by atoms with E-state index in [0.29, 0.717) is 13.0 Å². The number of rotatable bonds is 3. The van der Waals surface area contributed by atoms with Crippen molar-refractivity contribution in [3.8, 4) is 5.75 Å². The van der Waals surface area contributed by atoms with Crippen LogP contribution in [0.4, 0.5) is 10.5 Å². The molecule has 0 saturated carbocycles. The maximum absolute atomic E-state index is 12.4. The van der Waals surface area contributed by atoms with Crippen LogP contribution in [-0.2, 0) is 4.79 Å². The number of amides is 3. The van der Waals surface area contributed by atoms with Crippen LogP contribution in [0.3, 0.4) is 0 Å². The standard InChI is InChI=1S/C18H25N3O3/c1-24-16-8-6-15(7-9-16)21-13-14(12-17(21)22)19-18(23)20-10-4-2-3-5-11-20/h6-9,14H,2-5,10-13H2,1H3,(H,19,23). The van der Waals surface area contributed by atoms with E-state index in [-0.39, 0.29) is 18.0 Å². The molecule has 24 heavy (non-hydrogen) atoms. The molecule has 1 unspecified atom stereocenters. The van der Waals surface area contributed by atoms with E-state index >= 15 is 0 Å². The molecular weight excluding hydrogens is 306 g/mol. The van der Waals surface area contributed by atoms with Gasteiger partial charge in [0.2, 0.25) is 5.91 Å². The molecule has 3 amide bonds. The lowest BCUT2D eigenvalue weighted by Gasteiger charge is -2.23. The van der Waals surface area contributed by atoms with Gasteiger partial charge in [0.25, 0.3) is 0 Å². The third kappa shape index (κ3) is 3.80. The molecule has 1 atom stereocenters. The largest absolute Gasteiger partial charge is 0.497 e. The minimum atomic E-state index is -0.129. The quantitative estimate of drug-likeness (QED) is 0.925. The number of benzene rings is 1. The predicted octanol–water partition coefficient (Wildman–Crippen LogP) is 2.39. The van der Waals surface area contributed by atoms with Gasteiger partial charge in [-0.05, 0) is 37.1 Å². The van der Waals surface area contributed by atoms with Crippen molar-refractivity contribution in [3.05, 3.63) is 24.3 Å². The van der Waals surface area contributed by atoms with Crippen LogP contribution in [0.25, 0.3) is 0 Å². The van der Waals surface area contributed by atoms with Crippen molar-refractivity contribution in [1.29, 1.82) is 0 Å². The fraction of sp³-hybridized carbons (Fsp3) is 0.556. The Bertz CT molecular complexity index is 580. The van der Waals surface area contributed by atoms with Crippen LogP contribution in [0.2, 0.25) is 0 Å². The van der Waals surface area contributed by atoms with Gasteiger partial charge in [0.05, 0.1) is 13.2 Å². The zero-order valence-electron chi connectivity index (χ0n) is 14.2. The summed E-state index contributed by atoms with van der Waals surface area (Å²) >= 11 is 0. The lowest BCUT2D eigenvalue weighted by molar-refractivity contribution is -0.117. The fourth-order valence-corrected chi connectivity index (χ4v) is 3.36. The van der Waals surface area contributed by atoms with Gasteiger partial charge in [0.1, 0.15) is 5.75 Å². The first-order valence-electron chi connectivity index (χ1n) is 8.67. The van der Waals surface area contributed by atoms with E-state index < -0.39 is 0 Å². The van der Waals surface area contributed by atoms with E-state index in [2.05, 4.69) is 5.32 Å². The molecule has 1 N–H and O–H groups in total. The highest BCUT2D eigenvalue weighted by molar-refractivity contribution is 5.96. The van der Waals surface area contributed by atoms with Gasteiger partial charge in [-0.2, -0.15) is 0 Å². The Hall–Kier alpha value is -2.24. The van der Waals surface area contributed by atoms with Crippen LogP contribution in [0.1, 0.15) is 32.1 Å². The van der Waals surface area contributed by atoms with E-state index in [1.165, 1.54) is 12.8 Å².